The van der Waals surface area contributed by atoms with Gasteiger partial charge in [0.2, 0.25) is 6.36 Å². The fourth-order valence-electron chi connectivity index (χ4n) is 5.41. The van der Waals surface area contributed by atoms with Crippen molar-refractivity contribution in [3.63, 3.8) is 0 Å². The zero-order valence-corrected chi connectivity index (χ0v) is 22.6. The van der Waals surface area contributed by atoms with E-state index < -0.39 is 6.36 Å². The second kappa shape index (κ2) is 12.1. The summed E-state index contributed by atoms with van der Waals surface area (Å²) in [5.74, 6) is 0.334. The zero-order chi connectivity index (χ0) is 27.4. The average molecular weight is 538 g/mol. The molecule has 2 aromatic carbocycles. The number of halogens is 1. The Morgan fingerprint density at radius 3 is 2.62 bits per heavy atom. The van der Waals surface area contributed by atoms with Crippen molar-refractivity contribution in [2.75, 3.05) is 57.9 Å². The highest BCUT2D eigenvalue weighted by Crippen LogP contribution is 2.25. The highest BCUT2D eigenvalue weighted by atomic mass is 19.1. The van der Waals surface area contributed by atoms with Crippen molar-refractivity contribution in [2.24, 2.45) is 5.92 Å². The smallest absolute Gasteiger partial charge is 0.253 e. The van der Waals surface area contributed by atoms with E-state index in [-0.39, 0.29) is 18.4 Å². The molecule has 3 aromatic rings. The number of carbonyl (C=O) groups is 2. The Morgan fingerprint density at radius 2 is 1.90 bits per heavy atom. The first kappa shape index (κ1) is 27.1. The van der Waals surface area contributed by atoms with E-state index in [1.807, 2.05) is 64.0 Å². The molecule has 1 N–H and O–H groups in total. The van der Waals surface area contributed by atoms with Crippen molar-refractivity contribution in [3.8, 4) is 0 Å². The van der Waals surface area contributed by atoms with E-state index in [0.717, 1.165) is 41.5 Å². The van der Waals surface area contributed by atoms with Crippen LogP contribution in [0.3, 0.4) is 0 Å². The Labute approximate surface area is 227 Å². The van der Waals surface area contributed by atoms with Crippen molar-refractivity contribution in [2.45, 2.75) is 32.7 Å². The minimum atomic E-state index is -1.28. The predicted octanol–water partition coefficient (Wildman–Crippen LogP) is 3.41. The molecule has 2 saturated heterocycles. The van der Waals surface area contributed by atoms with E-state index in [4.69, 9.17) is 14.6 Å². The Kier molecular flexibility index (Phi) is 8.42. The van der Waals surface area contributed by atoms with Crippen LogP contribution >= 0.6 is 0 Å². The first-order valence-electron chi connectivity index (χ1n) is 13.6. The summed E-state index contributed by atoms with van der Waals surface area (Å²) in [6.07, 6.45) is 2.55. The van der Waals surface area contributed by atoms with Crippen molar-refractivity contribution in [3.05, 3.63) is 59.3 Å². The molecule has 0 bridgehead atoms. The number of ether oxygens (including phenoxy) is 2. The van der Waals surface area contributed by atoms with E-state index in [1.165, 1.54) is 0 Å². The fraction of sp³-hybridized carbons (Fsp3) is 0.483. The third-order valence-electron chi connectivity index (χ3n) is 7.69. The van der Waals surface area contributed by atoms with E-state index >= 15 is 0 Å². The molecule has 3 heterocycles. The molecule has 1 aromatic heterocycles. The van der Waals surface area contributed by atoms with Gasteiger partial charge in [-0.1, -0.05) is 0 Å². The van der Waals surface area contributed by atoms with Crippen LogP contribution in [0.1, 0.15) is 39.1 Å². The molecule has 0 saturated carbocycles. The number of anilines is 1. The standard InChI is InChI=1S/C29H36FN5O4/c1-20-24(28(36)31-11-15-38-2)7-8-26-25(20)18-35(32-26)17-21-9-12-33(13-10-21)29(37)22-3-5-23(6-4-22)34-14-16-39-27(30)19-34/h3-8,18,21,27H,9-17,19H2,1-2H3,(H,31,36). The van der Waals surface area contributed by atoms with Crippen LogP contribution in [0.15, 0.2) is 42.6 Å². The third kappa shape index (κ3) is 6.23. The van der Waals surface area contributed by atoms with Gasteiger partial charge in [0.05, 0.1) is 25.3 Å². The molecular formula is C29H36FN5O4. The van der Waals surface area contributed by atoms with Crippen LogP contribution < -0.4 is 10.2 Å². The van der Waals surface area contributed by atoms with Crippen LogP contribution in [0, 0.1) is 12.8 Å². The van der Waals surface area contributed by atoms with Gasteiger partial charge >= 0.3 is 0 Å². The van der Waals surface area contributed by atoms with E-state index in [9.17, 15) is 14.0 Å². The molecule has 5 rings (SSSR count). The zero-order valence-electron chi connectivity index (χ0n) is 22.6. The monoisotopic (exact) mass is 537 g/mol. The molecule has 1 unspecified atom stereocenters. The number of methoxy groups -OCH3 is 1. The normalized spacial score (nSPS) is 18.5. The van der Waals surface area contributed by atoms with Crippen LogP contribution in [0.2, 0.25) is 0 Å². The topological polar surface area (TPSA) is 88.9 Å². The number of aromatic nitrogens is 2. The van der Waals surface area contributed by atoms with E-state index in [0.29, 0.717) is 56.4 Å². The van der Waals surface area contributed by atoms with Crippen LogP contribution in [0.5, 0.6) is 0 Å². The van der Waals surface area contributed by atoms with Gasteiger partial charge < -0.3 is 24.6 Å². The molecule has 2 fully saturated rings. The quantitative estimate of drug-likeness (QED) is 0.443. The number of piperidine rings is 1. The lowest BCUT2D eigenvalue weighted by atomic mass is 9.96. The van der Waals surface area contributed by atoms with E-state index in [2.05, 4.69) is 5.32 Å². The lowest BCUT2D eigenvalue weighted by Crippen LogP contribution is -2.40. The number of nitrogens with zero attached hydrogens (tertiary/aromatic N) is 4. The average Bonchev–Trinajstić information content (AvgIpc) is 3.37. The number of rotatable bonds is 8. The molecule has 208 valence electrons. The molecule has 0 aliphatic carbocycles. The minimum absolute atomic E-state index is 0.0297. The van der Waals surface area contributed by atoms with Crippen LogP contribution in [-0.2, 0) is 16.0 Å². The fourth-order valence-corrected chi connectivity index (χ4v) is 5.41. The SMILES string of the molecule is COCCNC(=O)c1ccc2nn(CC3CCN(C(=O)c4ccc(N5CCOC(F)C5)cc4)CC3)cc2c1C. The number of nitrogens with one attached hydrogen (secondary N) is 1. The Balaban J connectivity index is 1.15. The molecule has 10 heteroatoms. The van der Waals surface area contributed by atoms with Gasteiger partial charge in [-0.05, 0) is 67.6 Å². The first-order valence-corrected chi connectivity index (χ1v) is 13.6. The van der Waals surface area contributed by atoms with Gasteiger partial charge in [-0.15, -0.1) is 0 Å². The van der Waals surface area contributed by atoms with Gasteiger partial charge in [-0.25, -0.2) is 4.39 Å². The summed E-state index contributed by atoms with van der Waals surface area (Å²) in [6, 6.07) is 11.2. The van der Waals surface area contributed by atoms with Crippen molar-refractivity contribution in [1.29, 1.82) is 0 Å². The second-order valence-electron chi connectivity index (χ2n) is 10.3. The number of benzene rings is 2. The molecule has 0 spiro atoms. The van der Waals surface area contributed by atoms with Crippen LogP contribution in [-0.4, -0.2) is 85.9 Å². The first-order chi connectivity index (χ1) is 18.9. The lowest BCUT2D eigenvalue weighted by molar-refractivity contribution is -0.0465. The molecule has 2 amide bonds. The summed E-state index contributed by atoms with van der Waals surface area (Å²) in [7, 11) is 1.61. The van der Waals surface area contributed by atoms with Crippen molar-refractivity contribution < 1.29 is 23.5 Å². The summed E-state index contributed by atoms with van der Waals surface area (Å²) < 4.78 is 25.5. The lowest BCUT2D eigenvalue weighted by Gasteiger charge is -2.32. The molecule has 1 atom stereocenters. The Hall–Kier alpha value is -3.50. The van der Waals surface area contributed by atoms with Crippen molar-refractivity contribution >= 4 is 28.4 Å². The van der Waals surface area contributed by atoms with Gasteiger partial charge in [0, 0.05) is 68.2 Å². The number of aryl methyl sites for hydroxylation is 1. The maximum absolute atomic E-state index is 13.6. The third-order valence-corrected chi connectivity index (χ3v) is 7.69. The summed E-state index contributed by atoms with van der Waals surface area (Å²) in [6.45, 7) is 6.26. The maximum Gasteiger partial charge on any atom is 0.253 e. The molecule has 39 heavy (non-hydrogen) atoms. The van der Waals surface area contributed by atoms with Gasteiger partial charge in [0.15, 0.2) is 0 Å². The van der Waals surface area contributed by atoms with Gasteiger partial charge in [-0.2, -0.15) is 5.10 Å². The number of hydrogen-bond acceptors (Lipinski definition) is 6. The Bertz CT molecular complexity index is 1300. The van der Waals surface area contributed by atoms with Gasteiger partial charge in [-0.3, -0.25) is 14.3 Å². The van der Waals surface area contributed by atoms with E-state index in [1.54, 1.807) is 7.11 Å². The minimum Gasteiger partial charge on any atom is -0.383 e. The number of carbonyl (C=O) groups excluding carboxylic acids is 2. The predicted molar refractivity (Wildman–Crippen MR) is 147 cm³/mol. The molecule has 2 aliphatic rings. The van der Waals surface area contributed by atoms with Gasteiger partial charge in [0.1, 0.15) is 0 Å². The number of alkyl halides is 1. The molecular weight excluding hydrogens is 501 g/mol. The highest BCUT2D eigenvalue weighted by molar-refractivity contribution is 6.00. The summed E-state index contributed by atoms with van der Waals surface area (Å²) >= 11 is 0. The molecule has 2 aliphatic heterocycles. The largest absolute Gasteiger partial charge is 0.383 e. The number of fused-ring (bicyclic) bond motifs is 1. The van der Waals surface area contributed by atoms with Gasteiger partial charge in [0.25, 0.3) is 11.8 Å². The highest BCUT2D eigenvalue weighted by Gasteiger charge is 2.25. The molecule has 0 radical (unpaired) electrons. The van der Waals surface area contributed by atoms with Crippen LogP contribution in [0.4, 0.5) is 10.1 Å². The number of morpholine rings is 1. The van der Waals surface area contributed by atoms with Crippen molar-refractivity contribution in [1.82, 2.24) is 20.0 Å². The molecule has 9 nitrogen and oxygen atoms in total. The number of amides is 2. The summed E-state index contributed by atoms with van der Waals surface area (Å²) in [4.78, 5) is 29.5. The number of likely N-dealkylation sites (tertiary alicyclic amines) is 1. The maximum atomic E-state index is 13.6. The summed E-state index contributed by atoms with van der Waals surface area (Å²) in [5.41, 5.74) is 3.99. The number of hydrogen-bond donors (Lipinski definition) is 1. The van der Waals surface area contributed by atoms with Crippen LogP contribution in [0.25, 0.3) is 10.9 Å². The summed E-state index contributed by atoms with van der Waals surface area (Å²) in [5, 5.41) is 8.60. The Morgan fingerprint density at radius 1 is 1.13 bits per heavy atom. The second-order valence-corrected chi connectivity index (χ2v) is 10.3.